The van der Waals surface area contributed by atoms with Gasteiger partial charge in [0.15, 0.2) is 10.4 Å². The maximum absolute atomic E-state index is 12.3. The van der Waals surface area contributed by atoms with Gasteiger partial charge in [-0.15, -0.1) is 0 Å². The molecule has 0 fully saturated rings. The fourth-order valence-corrected chi connectivity index (χ4v) is 2.38. The van der Waals surface area contributed by atoms with Crippen LogP contribution < -0.4 is 9.64 Å². The van der Waals surface area contributed by atoms with E-state index in [4.69, 9.17) is 9.15 Å². The third-order valence-corrected chi connectivity index (χ3v) is 3.72. The first-order chi connectivity index (χ1) is 11.1. The van der Waals surface area contributed by atoms with Crippen molar-refractivity contribution in [3.05, 3.63) is 77.2 Å². The van der Waals surface area contributed by atoms with Gasteiger partial charge in [-0.2, -0.15) is 0 Å². The van der Waals surface area contributed by atoms with Crippen molar-refractivity contribution in [1.29, 1.82) is 0 Å². The highest BCUT2D eigenvalue weighted by Crippen LogP contribution is 2.25. The number of ether oxygens (including phenoxy) is 1. The molecule has 0 aliphatic rings. The highest BCUT2D eigenvalue weighted by Gasteiger charge is 2.17. The molecule has 0 spiro atoms. The zero-order chi connectivity index (χ0) is 16.2. The first-order valence-electron chi connectivity index (χ1n) is 7.00. The van der Waals surface area contributed by atoms with Gasteiger partial charge in [0.2, 0.25) is 0 Å². The van der Waals surface area contributed by atoms with E-state index >= 15 is 0 Å². The summed E-state index contributed by atoms with van der Waals surface area (Å²) in [5.41, 5.74) is 0.753. The van der Waals surface area contributed by atoms with Crippen LogP contribution in [0.15, 0.2) is 75.8 Å². The van der Waals surface area contributed by atoms with Crippen LogP contribution >= 0.6 is 15.9 Å². The van der Waals surface area contributed by atoms with E-state index in [9.17, 15) is 4.79 Å². The van der Waals surface area contributed by atoms with Crippen LogP contribution in [0.4, 0.5) is 5.69 Å². The number of para-hydroxylation sites is 1. The number of hydrogen-bond donors (Lipinski definition) is 0. The van der Waals surface area contributed by atoms with Gasteiger partial charge in [0.25, 0.3) is 5.91 Å². The Kier molecular flexibility index (Phi) is 4.48. The molecular weight excluding hydrogens is 358 g/mol. The van der Waals surface area contributed by atoms with Crippen LogP contribution in [0, 0.1) is 0 Å². The van der Waals surface area contributed by atoms with Crippen LogP contribution in [-0.2, 0) is 0 Å². The molecule has 0 N–H and O–H groups in total. The number of hydrogen-bond acceptors (Lipinski definition) is 3. The highest BCUT2D eigenvalue weighted by molar-refractivity contribution is 9.10. The summed E-state index contributed by atoms with van der Waals surface area (Å²) in [6, 6.07) is 20.2. The quantitative estimate of drug-likeness (QED) is 0.639. The molecule has 0 saturated heterocycles. The number of rotatable bonds is 4. The molecule has 1 amide bonds. The lowest BCUT2D eigenvalue weighted by Gasteiger charge is -2.16. The number of carbonyl (C=O) groups excluding carboxylic acids is 1. The second-order valence-corrected chi connectivity index (χ2v) is 5.66. The molecule has 0 atom stereocenters. The topological polar surface area (TPSA) is 42.7 Å². The summed E-state index contributed by atoms with van der Waals surface area (Å²) in [6.07, 6.45) is 0. The Hall–Kier alpha value is -2.53. The Balaban J connectivity index is 1.72. The minimum Gasteiger partial charge on any atom is -0.457 e. The summed E-state index contributed by atoms with van der Waals surface area (Å²) in [5, 5.41) is 0. The Labute approximate surface area is 142 Å². The predicted molar refractivity (Wildman–Crippen MR) is 92.1 cm³/mol. The number of furan rings is 1. The lowest BCUT2D eigenvalue weighted by Crippen LogP contribution is -2.25. The summed E-state index contributed by atoms with van der Waals surface area (Å²) in [7, 11) is 1.70. The van der Waals surface area contributed by atoms with E-state index in [-0.39, 0.29) is 11.7 Å². The van der Waals surface area contributed by atoms with E-state index < -0.39 is 0 Å². The van der Waals surface area contributed by atoms with Crippen molar-refractivity contribution in [3.8, 4) is 11.5 Å². The third-order valence-electron chi connectivity index (χ3n) is 3.29. The van der Waals surface area contributed by atoms with E-state index in [0.717, 1.165) is 11.4 Å². The standard InChI is InChI=1S/C18H14BrNO3/c1-20(18(21)16-11-12-17(19)23-16)13-7-9-15(10-8-13)22-14-5-3-2-4-6-14/h2-12H,1H3. The Morgan fingerprint density at radius 2 is 1.61 bits per heavy atom. The summed E-state index contributed by atoms with van der Waals surface area (Å²) >= 11 is 3.19. The third kappa shape index (κ3) is 3.63. The number of nitrogens with zero attached hydrogens (tertiary/aromatic N) is 1. The number of anilines is 1. The zero-order valence-corrected chi connectivity index (χ0v) is 14.0. The highest BCUT2D eigenvalue weighted by atomic mass is 79.9. The van der Waals surface area contributed by atoms with Gasteiger partial charge in [0, 0.05) is 12.7 Å². The smallest absolute Gasteiger partial charge is 0.293 e. The molecule has 23 heavy (non-hydrogen) atoms. The molecule has 3 aromatic rings. The number of carbonyl (C=O) groups is 1. The van der Waals surface area contributed by atoms with Gasteiger partial charge in [-0.25, -0.2) is 0 Å². The van der Waals surface area contributed by atoms with Crippen molar-refractivity contribution in [1.82, 2.24) is 0 Å². The van der Waals surface area contributed by atoms with Crippen molar-refractivity contribution in [2.45, 2.75) is 0 Å². The van der Waals surface area contributed by atoms with Crippen molar-refractivity contribution >= 4 is 27.5 Å². The normalized spacial score (nSPS) is 10.3. The van der Waals surface area contributed by atoms with E-state index in [2.05, 4.69) is 15.9 Å². The van der Waals surface area contributed by atoms with Crippen molar-refractivity contribution in [3.63, 3.8) is 0 Å². The summed E-state index contributed by atoms with van der Waals surface area (Å²) in [6.45, 7) is 0. The fraction of sp³-hybridized carbons (Fsp3) is 0.0556. The number of amides is 1. The lowest BCUT2D eigenvalue weighted by molar-refractivity contribution is 0.0965. The Morgan fingerprint density at radius 3 is 2.22 bits per heavy atom. The van der Waals surface area contributed by atoms with Crippen LogP contribution in [0.25, 0.3) is 0 Å². The first kappa shape index (κ1) is 15.4. The molecule has 5 heteroatoms. The molecule has 0 radical (unpaired) electrons. The van der Waals surface area contributed by atoms with E-state index in [1.807, 2.05) is 54.6 Å². The molecule has 0 aliphatic heterocycles. The van der Waals surface area contributed by atoms with Crippen molar-refractivity contribution < 1.29 is 13.9 Å². The second kappa shape index (κ2) is 6.71. The van der Waals surface area contributed by atoms with Crippen molar-refractivity contribution in [2.75, 3.05) is 11.9 Å². The Morgan fingerprint density at radius 1 is 0.957 bits per heavy atom. The van der Waals surface area contributed by atoms with Crippen LogP contribution in [0.2, 0.25) is 0 Å². The molecule has 1 aromatic heterocycles. The summed E-state index contributed by atoms with van der Waals surface area (Å²) < 4.78 is 11.6. The monoisotopic (exact) mass is 371 g/mol. The largest absolute Gasteiger partial charge is 0.457 e. The van der Waals surface area contributed by atoms with Gasteiger partial charge in [-0.05, 0) is 64.5 Å². The summed E-state index contributed by atoms with van der Waals surface area (Å²) in [5.74, 6) is 1.54. The van der Waals surface area contributed by atoms with E-state index in [1.165, 1.54) is 4.90 Å². The summed E-state index contributed by atoms with van der Waals surface area (Å²) in [4.78, 5) is 13.8. The average molecular weight is 372 g/mol. The lowest BCUT2D eigenvalue weighted by atomic mass is 10.2. The average Bonchev–Trinajstić information content (AvgIpc) is 3.02. The van der Waals surface area contributed by atoms with Crippen LogP contribution in [0.1, 0.15) is 10.6 Å². The predicted octanol–water partition coefficient (Wildman–Crippen LogP) is 5.11. The molecule has 0 bridgehead atoms. The van der Waals surface area contributed by atoms with Crippen LogP contribution in [0.3, 0.4) is 0 Å². The van der Waals surface area contributed by atoms with Gasteiger partial charge in [0.1, 0.15) is 11.5 Å². The minimum absolute atomic E-state index is 0.215. The SMILES string of the molecule is CN(C(=O)c1ccc(Br)o1)c1ccc(Oc2ccccc2)cc1. The first-order valence-corrected chi connectivity index (χ1v) is 7.79. The van der Waals surface area contributed by atoms with E-state index in [1.54, 1.807) is 19.2 Å². The van der Waals surface area contributed by atoms with Gasteiger partial charge < -0.3 is 14.1 Å². The molecule has 116 valence electrons. The van der Waals surface area contributed by atoms with Crippen molar-refractivity contribution in [2.24, 2.45) is 0 Å². The molecule has 1 heterocycles. The minimum atomic E-state index is -0.215. The zero-order valence-electron chi connectivity index (χ0n) is 12.4. The molecule has 2 aromatic carbocycles. The maximum atomic E-state index is 12.3. The number of halogens is 1. The molecule has 0 aliphatic carbocycles. The molecular formula is C18H14BrNO3. The molecule has 0 unspecified atom stereocenters. The van der Waals surface area contributed by atoms with Gasteiger partial charge in [-0.3, -0.25) is 4.79 Å². The molecule has 0 saturated carbocycles. The Bertz CT molecular complexity index is 797. The second-order valence-electron chi connectivity index (χ2n) is 4.88. The molecule has 4 nitrogen and oxygen atoms in total. The number of benzene rings is 2. The van der Waals surface area contributed by atoms with E-state index in [0.29, 0.717) is 10.4 Å². The molecule has 3 rings (SSSR count). The fourth-order valence-electron chi connectivity index (χ4n) is 2.07. The maximum Gasteiger partial charge on any atom is 0.293 e. The van der Waals surface area contributed by atoms with Gasteiger partial charge in [0.05, 0.1) is 0 Å². The van der Waals surface area contributed by atoms with Crippen LogP contribution in [0.5, 0.6) is 11.5 Å². The van der Waals surface area contributed by atoms with Crippen LogP contribution in [-0.4, -0.2) is 13.0 Å². The van der Waals surface area contributed by atoms with Gasteiger partial charge in [-0.1, -0.05) is 18.2 Å². The van der Waals surface area contributed by atoms with Gasteiger partial charge >= 0.3 is 0 Å².